The molecular formula is C15H16N6. The number of rotatable bonds is 0. The van der Waals surface area contributed by atoms with Gasteiger partial charge >= 0.3 is 0 Å². The van der Waals surface area contributed by atoms with Crippen LogP contribution in [-0.2, 0) is 7.05 Å². The summed E-state index contributed by atoms with van der Waals surface area (Å²) >= 11 is 0. The van der Waals surface area contributed by atoms with Gasteiger partial charge in [-0.3, -0.25) is 0 Å². The van der Waals surface area contributed by atoms with E-state index in [-0.39, 0.29) is 0 Å². The van der Waals surface area contributed by atoms with Gasteiger partial charge in [-0.25, -0.2) is 4.68 Å². The fraction of sp³-hybridized carbons (Fsp3) is 0.200. The number of aromatic amines is 1. The van der Waals surface area contributed by atoms with Gasteiger partial charge in [-0.05, 0) is 49.2 Å². The third kappa shape index (κ3) is 2.74. The molecule has 0 aliphatic rings. The van der Waals surface area contributed by atoms with Gasteiger partial charge in [-0.2, -0.15) is 15.4 Å². The van der Waals surface area contributed by atoms with E-state index in [4.69, 9.17) is 0 Å². The Labute approximate surface area is 121 Å². The van der Waals surface area contributed by atoms with Crippen LogP contribution < -0.4 is 0 Å². The number of nitrogens with zero attached hydrogens (tertiary/aromatic N) is 5. The van der Waals surface area contributed by atoms with E-state index in [2.05, 4.69) is 38.7 Å². The smallest absolute Gasteiger partial charge is 0.113 e. The molecule has 0 bridgehead atoms. The standard InChI is InChI=1S/C8H9N3.C7H7N3/c1-6-3-4-7-8(5-6)11(2)10-9-7;1-5-2-3-6-7(4-5)9-10-8-6/h3-5H,1-2H3;2-4H,1H3,(H,8,9,10). The molecule has 4 aromatic rings. The minimum absolute atomic E-state index is 0.922. The number of hydrogen-bond donors (Lipinski definition) is 1. The second-order valence-electron chi connectivity index (χ2n) is 5.02. The van der Waals surface area contributed by atoms with Gasteiger partial charge < -0.3 is 0 Å². The van der Waals surface area contributed by atoms with Crippen molar-refractivity contribution in [1.29, 1.82) is 0 Å². The second kappa shape index (κ2) is 5.32. The number of H-pyrrole nitrogens is 1. The minimum Gasteiger partial charge on any atom is -0.248 e. The second-order valence-corrected chi connectivity index (χ2v) is 5.02. The molecule has 4 rings (SSSR count). The number of aromatic nitrogens is 6. The maximum Gasteiger partial charge on any atom is 0.113 e. The number of hydrogen-bond acceptors (Lipinski definition) is 4. The first-order valence-corrected chi connectivity index (χ1v) is 6.66. The van der Waals surface area contributed by atoms with Crippen molar-refractivity contribution < 1.29 is 0 Å². The van der Waals surface area contributed by atoms with Crippen molar-refractivity contribution in [2.24, 2.45) is 7.05 Å². The van der Waals surface area contributed by atoms with Crippen molar-refractivity contribution >= 4 is 22.1 Å². The Morgan fingerprint density at radius 3 is 2.33 bits per heavy atom. The van der Waals surface area contributed by atoms with E-state index >= 15 is 0 Å². The summed E-state index contributed by atoms with van der Waals surface area (Å²) in [5.74, 6) is 0. The number of aryl methyl sites for hydroxylation is 3. The lowest BCUT2D eigenvalue weighted by Crippen LogP contribution is -1.89. The number of nitrogens with one attached hydrogen (secondary N) is 1. The highest BCUT2D eigenvalue weighted by atomic mass is 15.4. The molecule has 2 aromatic carbocycles. The average Bonchev–Trinajstić information content (AvgIpc) is 3.06. The quantitative estimate of drug-likeness (QED) is 0.537. The Bertz CT molecular complexity index is 889. The zero-order valence-electron chi connectivity index (χ0n) is 12.2. The Hall–Kier alpha value is -2.76. The maximum absolute atomic E-state index is 3.97. The van der Waals surface area contributed by atoms with Gasteiger partial charge in [0.15, 0.2) is 0 Å². The molecule has 6 nitrogen and oxygen atoms in total. The highest BCUT2D eigenvalue weighted by molar-refractivity contribution is 5.75. The summed E-state index contributed by atoms with van der Waals surface area (Å²) in [6, 6.07) is 12.1. The van der Waals surface area contributed by atoms with Crippen LogP contribution in [-0.4, -0.2) is 30.4 Å². The molecule has 0 fully saturated rings. The first kappa shape index (κ1) is 13.2. The van der Waals surface area contributed by atoms with Gasteiger partial charge in [0.25, 0.3) is 0 Å². The molecule has 0 amide bonds. The first-order valence-electron chi connectivity index (χ1n) is 6.66. The fourth-order valence-corrected chi connectivity index (χ4v) is 2.09. The molecule has 0 saturated heterocycles. The lowest BCUT2D eigenvalue weighted by Gasteiger charge is -1.92. The first-order chi connectivity index (χ1) is 10.1. The van der Waals surface area contributed by atoms with E-state index < -0.39 is 0 Å². The van der Waals surface area contributed by atoms with Crippen molar-refractivity contribution in [2.45, 2.75) is 13.8 Å². The van der Waals surface area contributed by atoms with Gasteiger partial charge in [-0.1, -0.05) is 17.3 Å². The van der Waals surface area contributed by atoms with Crippen LogP contribution in [0.3, 0.4) is 0 Å². The summed E-state index contributed by atoms with van der Waals surface area (Å²) in [5.41, 5.74) is 6.35. The molecule has 0 atom stereocenters. The summed E-state index contributed by atoms with van der Waals surface area (Å²) in [4.78, 5) is 0. The van der Waals surface area contributed by atoms with Crippen molar-refractivity contribution in [3.05, 3.63) is 47.5 Å². The molecule has 0 saturated carbocycles. The third-order valence-electron chi connectivity index (χ3n) is 3.24. The van der Waals surface area contributed by atoms with Gasteiger partial charge in [0.05, 0.1) is 5.52 Å². The van der Waals surface area contributed by atoms with Crippen LogP contribution in [0.25, 0.3) is 22.1 Å². The third-order valence-corrected chi connectivity index (χ3v) is 3.24. The minimum atomic E-state index is 0.922. The van der Waals surface area contributed by atoms with Crippen LogP contribution in [0.5, 0.6) is 0 Å². The van der Waals surface area contributed by atoms with Crippen LogP contribution in [0.15, 0.2) is 36.4 Å². The van der Waals surface area contributed by atoms with Crippen molar-refractivity contribution in [3.63, 3.8) is 0 Å². The average molecular weight is 280 g/mol. The predicted octanol–water partition coefficient (Wildman–Crippen LogP) is 2.54. The predicted molar refractivity (Wildman–Crippen MR) is 81.9 cm³/mol. The summed E-state index contributed by atoms with van der Waals surface area (Å²) in [6.45, 7) is 4.10. The van der Waals surface area contributed by atoms with Crippen LogP contribution in [0.4, 0.5) is 0 Å². The summed E-state index contributed by atoms with van der Waals surface area (Å²) < 4.78 is 1.78. The zero-order chi connectivity index (χ0) is 14.8. The van der Waals surface area contributed by atoms with Gasteiger partial charge in [0.1, 0.15) is 16.6 Å². The Morgan fingerprint density at radius 2 is 1.52 bits per heavy atom. The van der Waals surface area contributed by atoms with Crippen LogP contribution >= 0.6 is 0 Å². The Balaban J connectivity index is 0.000000126. The normalized spacial score (nSPS) is 10.6. The summed E-state index contributed by atoms with van der Waals surface area (Å²) in [7, 11) is 1.90. The van der Waals surface area contributed by atoms with E-state index in [9.17, 15) is 0 Å². The van der Waals surface area contributed by atoms with Gasteiger partial charge in [0, 0.05) is 7.05 Å². The van der Waals surface area contributed by atoms with Crippen LogP contribution in [0.1, 0.15) is 11.1 Å². The molecule has 2 aromatic heterocycles. The highest BCUT2D eigenvalue weighted by Gasteiger charge is 1.98. The Morgan fingerprint density at radius 1 is 0.857 bits per heavy atom. The maximum atomic E-state index is 3.97. The molecule has 0 aliphatic heterocycles. The fourth-order valence-electron chi connectivity index (χ4n) is 2.09. The SMILES string of the molecule is Cc1ccc2n[nH]nc2c1.Cc1ccc2nnn(C)c2c1. The summed E-state index contributed by atoms with van der Waals surface area (Å²) in [5, 5.41) is 18.3. The van der Waals surface area contributed by atoms with Crippen molar-refractivity contribution in [2.75, 3.05) is 0 Å². The molecule has 21 heavy (non-hydrogen) atoms. The molecule has 0 radical (unpaired) electrons. The molecular weight excluding hydrogens is 264 g/mol. The van der Waals surface area contributed by atoms with Crippen LogP contribution in [0, 0.1) is 13.8 Å². The van der Waals surface area contributed by atoms with E-state index in [0.717, 1.165) is 22.1 Å². The summed E-state index contributed by atoms with van der Waals surface area (Å²) in [6.07, 6.45) is 0. The van der Waals surface area contributed by atoms with Gasteiger partial charge in [-0.15, -0.1) is 5.10 Å². The lowest BCUT2D eigenvalue weighted by atomic mass is 10.2. The number of fused-ring (bicyclic) bond motifs is 2. The molecule has 2 heterocycles. The largest absolute Gasteiger partial charge is 0.248 e. The van der Waals surface area contributed by atoms with E-state index in [0.29, 0.717) is 0 Å². The molecule has 106 valence electrons. The van der Waals surface area contributed by atoms with E-state index in [1.54, 1.807) is 4.68 Å². The Kier molecular flexibility index (Phi) is 3.35. The zero-order valence-corrected chi connectivity index (χ0v) is 12.2. The van der Waals surface area contributed by atoms with Crippen molar-refractivity contribution in [3.8, 4) is 0 Å². The van der Waals surface area contributed by atoms with Crippen LogP contribution in [0.2, 0.25) is 0 Å². The number of benzene rings is 2. The molecule has 0 unspecified atom stereocenters. The highest BCUT2D eigenvalue weighted by Crippen LogP contribution is 2.11. The molecule has 0 aliphatic carbocycles. The van der Waals surface area contributed by atoms with E-state index in [1.807, 2.05) is 44.3 Å². The monoisotopic (exact) mass is 280 g/mol. The topological polar surface area (TPSA) is 72.3 Å². The molecule has 1 N–H and O–H groups in total. The lowest BCUT2D eigenvalue weighted by molar-refractivity contribution is 0.736. The van der Waals surface area contributed by atoms with Gasteiger partial charge in [0.2, 0.25) is 0 Å². The molecule has 6 heteroatoms. The van der Waals surface area contributed by atoms with E-state index in [1.165, 1.54) is 11.1 Å². The molecule has 0 spiro atoms. The van der Waals surface area contributed by atoms with Crippen molar-refractivity contribution in [1.82, 2.24) is 30.4 Å².